The van der Waals surface area contributed by atoms with E-state index in [4.69, 9.17) is 5.26 Å². The van der Waals surface area contributed by atoms with Crippen LogP contribution >= 0.6 is 0 Å². The van der Waals surface area contributed by atoms with Gasteiger partial charge in [0.15, 0.2) is 0 Å². The Bertz CT molecular complexity index is 487. The second kappa shape index (κ2) is 9.55. The number of nitrogens with zero attached hydrogens (tertiary/aromatic N) is 1. The molecule has 0 saturated heterocycles. The van der Waals surface area contributed by atoms with Crippen LogP contribution in [0.1, 0.15) is 43.1 Å². The van der Waals surface area contributed by atoms with Gasteiger partial charge in [-0.1, -0.05) is 12.2 Å². The topological polar surface area (TPSA) is 46.4 Å². The Morgan fingerprint density at radius 2 is 2.14 bits per heavy atom. The molecule has 0 saturated carbocycles. The summed E-state index contributed by atoms with van der Waals surface area (Å²) in [5.41, 5.74) is 5.08. The summed E-state index contributed by atoms with van der Waals surface area (Å²) in [6.07, 6.45) is 9.48. The second-order valence-electron chi connectivity index (χ2n) is 5.41. The Morgan fingerprint density at radius 3 is 2.81 bits per heavy atom. The number of rotatable bonds is 9. The number of allylic oxidation sites excluding steroid dienone is 3. The van der Waals surface area contributed by atoms with E-state index in [1.165, 1.54) is 22.5 Å². The maximum atomic E-state index is 8.24. The van der Waals surface area contributed by atoms with Gasteiger partial charge in [-0.2, -0.15) is 0 Å². The molecule has 0 bridgehead atoms. The summed E-state index contributed by atoms with van der Waals surface area (Å²) in [5, 5.41) is 11.4. The summed E-state index contributed by atoms with van der Waals surface area (Å²) in [5.74, 6) is 0. The average Bonchev–Trinajstić information content (AvgIpc) is 2.70. The molecule has 1 heterocycles. The van der Waals surface area contributed by atoms with Crippen LogP contribution in [-0.2, 0) is 11.6 Å². The number of unbranched alkanes of at least 4 members (excludes halogenated alkanes) is 2. The van der Waals surface area contributed by atoms with Crippen LogP contribution in [0.5, 0.6) is 0 Å². The summed E-state index contributed by atoms with van der Waals surface area (Å²) in [7, 11) is 1.96. The van der Waals surface area contributed by atoms with E-state index >= 15 is 0 Å². The lowest BCUT2D eigenvalue weighted by Gasteiger charge is -2.09. The van der Waals surface area contributed by atoms with Gasteiger partial charge in [0.2, 0.25) is 0 Å². The molecule has 0 aliphatic rings. The maximum Gasteiger partial charge on any atom is 0.0819 e. The summed E-state index contributed by atoms with van der Waals surface area (Å²) < 4.78 is 2.28. The molecule has 1 aromatic rings. The monoisotopic (exact) mass is 292 g/mol. The van der Waals surface area contributed by atoms with Crippen molar-refractivity contribution in [3.63, 3.8) is 0 Å². The molecular formula is C17H28N2O2. The van der Waals surface area contributed by atoms with Crippen LogP contribution in [0.15, 0.2) is 23.8 Å². The van der Waals surface area contributed by atoms with Gasteiger partial charge >= 0.3 is 0 Å². The van der Waals surface area contributed by atoms with Gasteiger partial charge in [0.05, 0.1) is 13.3 Å². The van der Waals surface area contributed by atoms with Gasteiger partial charge in [-0.05, 0) is 70.4 Å². The predicted octanol–water partition coefficient (Wildman–Crippen LogP) is 3.90. The molecule has 0 aliphatic heterocycles. The van der Waals surface area contributed by atoms with Gasteiger partial charge in [-0.3, -0.25) is 5.26 Å². The quantitative estimate of drug-likeness (QED) is 0.314. The van der Waals surface area contributed by atoms with Crippen LogP contribution in [0.4, 0.5) is 0 Å². The number of nitrogens with one attached hydrogen (secondary N) is 1. The van der Waals surface area contributed by atoms with Crippen LogP contribution < -0.4 is 5.32 Å². The molecule has 4 heteroatoms. The first-order valence-corrected chi connectivity index (χ1v) is 7.52. The predicted molar refractivity (Wildman–Crippen MR) is 88.2 cm³/mol. The first-order chi connectivity index (χ1) is 10.1. The van der Waals surface area contributed by atoms with Gasteiger partial charge in [-0.25, -0.2) is 4.89 Å². The molecule has 0 spiro atoms. The van der Waals surface area contributed by atoms with Gasteiger partial charge in [0.1, 0.15) is 0 Å². The van der Waals surface area contributed by atoms with Gasteiger partial charge in [-0.15, -0.1) is 0 Å². The largest absolute Gasteiger partial charge is 0.332 e. The van der Waals surface area contributed by atoms with E-state index in [0.29, 0.717) is 6.61 Å². The van der Waals surface area contributed by atoms with E-state index in [0.717, 1.165) is 25.9 Å². The lowest BCUT2D eigenvalue weighted by molar-refractivity contribution is -0.242. The Balaban J connectivity index is 2.67. The van der Waals surface area contributed by atoms with Crippen LogP contribution in [0.2, 0.25) is 0 Å². The van der Waals surface area contributed by atoms with E-state index in [-0.39, 0.29) is 0 Å². The third kappa shape index (κ3) is 5.87. The molecule has 0 radical (unpaired) electrons. The fraction of sp³-hybridized carbons (Fsp3) is 0.529. The molecule has 1 rings (SSSR count). The second-order valence-corrected chi connectivity index (χ2v) is 5.41. The lowest BCUT2D eigenvalue weighted by atomic mass is 10.1. The summed E-state index contributed by atoms with van der Waals surface area (Å²) in [6.45, 7) is 7.65. The SMILES string of the molecule is CNCn1c(C)cc(C)c1/C=C(C)/C=C\CCCCOO. The summed E-state index contributed by atoms with van der Waals surface area (Å²) in [6, 6.07) is 2.22. The Hall–Kier alpha value is -1.36. The molecule has 4 nitrogen and oxygen atoms in total. The molecular weight excluding hydrogens is 264 g/mol. The smallest absolute Gasteiger partial charge is 0.0819 e. The van der Waals surface area contributed by atoms with Crippen LogP contribution in [0.25, 0.3) is 6.08 Å². The first-order valence-electron chi connectivity index (χ1n) is 7.52. The molecule has 0 fully saturated rings. The van der Waals surface area contributed by atoms with Crippen molar-refractivity contribution in [1.29, 1.82) is 0 Å². The molecule has 2 N–H and O–H groups in total. The number of aromatic nitrogens is 1. The number of aryl methyl sites for hydroxylation is 2. The lowest BCUT2D eigenvalue weighted by Crippen LogP contribution is -2.15. The minimum Gasteiger partial charge on any atom is -0.332 e. The Morgan fingerprint density at radius 1 is 1.38 bits per heavy atom. The van der Waals surface area contributed by atoms with Gasteiger partial charge < -0.3 is 9.88 Å². The molecule has 0 aromatic carbocycles. The molecule has 21 heavy (non-hydrogen) atoms. The van der Waals surface area contributed by atoms with Gasteiger partial charge in [0, 0.05) is 11.4 Å². The zero-order valence-electron chi connectivity index (χ0n) is 13.6. The summed E-state index contributed by atoms with van der Waals surface area (Å²) >= 11 is 0. The summed E-state index contributed by atoms with van der Waals surface area (Å²) in [4.78, 5) is 4.06. The Labute approximate surface area is 128 Å². The molecule has 0 unspecified atom stereocenters. The molecule has 1 aromatic heterocycles. The third-order valence-corrected chi connectivity index (χ3v) is 3.46. The minimum absolute atomic E-state index is 0.415. The highest BCUT2D eigenvalue weighted by atomic mass is 17.1. The first kappa shape index (κ1) is 17.7. The highest BCUT2D eigenvalue weighted by Crippen LogP contribution is 2.18. The fourth-order valence-corrected chi connectivity index (χ4v) is 2.39. The van der Waals surface area contributed by atoms with Crippen molar-refractivity contribution in [3.05, 3.63) is 40.7 Å². The van der Waals surface area contributed by atoms with Crippen molar-refractivity contribution in [2.45, 2.75) is 46.7 Å². The van der Waals surface area contributed by atoms with E-state index in [1.54, 1.807) is 0 Å². The highest BCUT2D eigenvalue weighted by Gasteiger charge is 2.06. The minimum atomic E-state index is 0.415. The normalized spacial score (nSPS) is 12.5. The molecule has 0 aliphatic carbocycles. The average molecular weight is 292 g/mol. The van der Waals surface area contributed by atoms with Crippen molar-refractivity contribution in [2.24, 2.45) is 0 Å². The van der Waals surface area contributed by atoms with Gasteiger partial charge in [0.25, 0.3) is 0 Å². The zero-order valence-corrected chi connectivity index (χ0v) is 13.6. The Kier molecular flexibility index (Phi) is 8.05. The zero-order chi connectivity index (χ0) is 15.7. The highest BCUT2D eigenvalue weighted by molar-refractivity contribution is 5.57. The van der Waals surface area contributed by atoms with Crippen LogP contribution in [-0.4, -0.2) is 23.5 Å². The van der Waals surface area contributed by atoms with Crippen molar-refractivity contribution in [1.82, 2.24) is 9.88 Å². The van der Waals surface area contributed by atoms with Crippen molar-refractivity contribution in [3.8, 4) is 0 Å². The van der Waals surface area contributed by atoms with Crippen molar-refractivity contribution in [2.75, 3.05) is 13.7 Å². The van der Waals surface area contributed by atoms with Crippen LogP contribution in [0.3, 0.4) is 0 Å². The molecule has 0 amide bonds. The third-order valence-electron chi connectivity index (χ3n) is 3.46. The van der Waals surface area contributed by atoms with E-state index < -0.39 is 0 Å². The van der Waals surface area contributed by atoms with Crippen molar-refractivity contribution >= 4 is 6.08 Å². The van der Waals surface area contributed by atoms with Crippen LogP contribution in [0, 0.1) is 13.8 Å². The van der Waals surface area contributed by atoms with E-state index in [2.05, 4.69) is 59.8 Å². The molecule has 118 valence electrons. The standard InChI is InChI=1S/C17H28N2O2/c1-14(9-7-5-6-8-10-21-20)11-17-15(2)12-16(3)19(17)13-18-4/h7,9,11-12,18,20H,5-6,8,10,13H2,1-4H3/b9-7-,14-11+. The van der Waals surface area contributed by atoms with E-state index in [1.807, 2.05) is 7.05 Å². The van der Waals surface area contributed by atoms with E-state index in [9.17, 15) is 0 Å². The van der Waals surface area contributed by atoms with Crippen molar-refractivity contribution < 1.29 is 10.1 Å². The number of hydrogen-bond donors (Lipinski definition) is 2. The maximum absolute atomic E-state index is 8.24. The fourth-order valence-electron chi connectivity index (χ4n) is 2.39. The molecule has 0 atom stereocenters. The number of hydrogen-bond acceptors (Lipinski definition) is 3.